The molecule has 1 unspecified atom stereocenters. The van der Waals surface area contributed by atoms with E-state index in [1.807, 2.05) is 0 Å². The summed E-state index contributed by atoms with van der Waals surface area (Å²) in [6, 6.07) is 2.28. The molecule has 23 heavy (non-hydrogen) atoms. The third-order valence-electron chi connectivity index (χ3n) is 5.48. The highest BCUT2D eigenvalue weighted by atomic mass is 19.1. The minimum absolute atomic E-state index is 0.0529. The number of furan rings is 1. The molecule has 1 N–H and O–H groups in total. The molecule has 1 amide bonds. The molecule has 3 fully saturated rings. The highest BCUT2D eigenvalue weighted by Crippen LogP contribution is 2.39. The van der Waals surface area contributed by atoms with Gasteiger partial charge in [-0.3, -0.25) is 9.69 Å². The monoisotopic (exact) mass is 317 g/mol. The molecule has 0 radical (unpaired) electrons. The van der Waals surface area contributed by atoms with E-state index in [-0.39, 0.29) is 17.5 Å². The lowest BCUT2D eigenvalue weighted by atomic mass is 9.72. The second-order valence-electron chi connectivity index (χ2n) is 7.09. The number of fused-ring (bicyclic) bond motifs is 4. The maximum absolute atomic E-state index is 13.1. The lowest BCUT2D eigenvalue weighted by Crippen LogP contribution is -2.69. The van der Waals surface area contributed by atoms with Gasteiger partial charge in [0.15, 0.2) is 5.58 Å². The summed E-state index contributed by atoms with van der Waals surface area (Å²) in [6.07, 6.45) is 3.64. The molecule has 2 aromatic heterocycles. The number of aromatic nitrogens is 1. The normalized spacial score (nSPS) is 28.9. The van der Waals surface area contributed by atoms with E-state index in [1.54, 1.807) is 6.07 Å². The maximum atomic E-state index is 13.1. The van der Waals surface area contributed by atoms with Crippen LogP contribution in [0.1, 0.15) is 37.2 Å². The van der Waals surface area contributed by atoms with Gasteiger partial charge in [-0.25, -0.2) is 4.98 Å². The van der Waals surface area contributed by atoms with Gasteiger partial charge in [-0.1, -0.05) is 0 Å². The Bertz CT molecular complexity index is 762. The number of piperidine rings is 3. The first-order valence-electron chi connectivity index (χ1n) is 8.06. The van der Waals surface area contributed by atoms with Crippen molar-refractivity contribution in [2.45, 2.75) is 38.3 Å². The van der Waals surface area contributed by atoms with Crippen molar-refractivity contribution in [2.75, 3.05) is 13.1 Å². The number of amides is 1. The Hall–Kier alpha value is -1.95. The standard InChI is InChI=1S/C17H20FN3O2/c1-17(2)15(10-3-5-21(17)6-4-10)20-16(22)12-7-11-8-14(18)23-13(11)9-19-12/h7-10,15H,3-6H2,1-2H3,(H,20,22). The molecular weight excluding hydrogens is 297 g/mol. The zero-order valence-corrected chi connectivity index (χ0v) is 13.3. The Morgan fingerprint density at radius 2 is 2.13 bits per heavy atom. The van der Waals surface area contributed by atoms with E-state index in [1.165, 1.54) is 12.3 Å². The molecule has 0 saturated carbocycles. The average molecular weight is 317 g/mol. The number of hydrogen-bond acceptors (Lipinski definition) is 4. The predicted octanol–water partition coefficient (Wildman–Crippen LogP) is 2.57. The van der Waals surface area contributed by atoms with Gasteiger partial charge in [-0.2, -0.15) is 4.39 Å². The molecule has 122 valence electrons. The number of pyridine rings is 1. The van der Waals surface area contributed by atoms with Crippen LogP contribution in [0.5, 0.6) is 0 Å². The first-order chi connectivity index (χ1) is 10.9. The van der Waals surface area contributed by atoms with Gasteiger partial charge in [0.05, 0.1) is 6.20 Å². The zero-order chi connectivity index (χ0) is 16.2. The van der Waals surface area contributed by atoms with Crippen LogP contribution in [-0.2, 0) is 0 Å². The van der Waals surface area contributed by atoms with Crippen LogP contribution in [-0.4, -0.2) is 40.5 Å². The van der Waals surface area contributed by atoms with Gasteiger partial charge in [0.1, 0.15) is 5.69 Å². The van der Waals surface area contributed by atoms with Gasteiger partial charge >= 0.3 is 0 Å². The second kappa shape index (κ2) is 5.03. The van der Waals surface area contributed by atoms with E-state index in [0.29, 0.717) is 22.6 Å². The summed E-state index contributed by atoms with van der Waals surface area (Å²) < 4.78 is 18.0. The molecule has 3 aliphatic heterocycles. The summed E-state index contributed by atoms with van der Waals surface area (Å²) in [5.41, 5.74) is 0.593. The molecule has 3 saturated heterocycles. The SMILES string of the molecule is CC1(C)C(NC(=O)c2cc3cc(F)oc3cn2)C2CCN1CC2. The van der Waals surface area contributed by atoms with Crippen molar-refractivity contribution in [3.8, 4) is 0 Å². The molecule has 1 atom stereocenters. The number of nitrogens with zero attached hydrogens (tertiary/aromatic N) is 2. The van der Waals surface area contributed by atoms with Crippen LogP contribution in [0.15, 0.2) is 22.7 Å². The highest BCUT2D eigenvalue weighted by molar-refractivity contribution is 5.95. The fourth-order valence-electron chi connectivity index (χ4n) is 4.13. The number of nitrogens with one attached hydrogen (secondary N) is 1. The van der Waals surface area contributed by atoms with Crippen LogP contribution in [0, 0.1) is 11.9 Å². The Morgan fingerprint density at radius 1 is 1.39 bits per heavy atom. The first-order valence-corrected chi connectivity index (χ1v) is 8.06. The van der Waals surface area contributed by atoms with Gasteiger partial charge < -0.3 is 9.73 Å². The van der Waals surface area contributed by atoms with Crippen molar-refractivity contribution in [1.82, 2.24) is 15.2 Å². The van der Waals surface area contributed by atoms with E-state index >= 15 is 0 Å². The summed E-state index contributed by atoms with van der Waals surface area (Å²) in [4.78, 5) is 19.2. The van der Waals surface area contributed by atoms with Crippen LogP contribution in [0.25, 0.3) is 11.0 Å². The molecule has 3 aliphatic rings. The smallest absolute Gasteiger partial charge is 0.278 e. The quantitative estimate of drug-likeness (QED) is 0.925. The summed E-state index contributed by atoms with van der Waals surface area (Å²) in [5.74, 6) is 0.300. The maximum Gasteiger partial charge on any atom is 0.278 e. The minimum Gasteiger partial charge on any atom is -0.429 e. The van der Waals surface area contributed by atoms with Gasteiger partial charge in [0, 0.05) is 23.0 Å². The lowest BCUT2D eigenvalue weighted by molar-refractivity contribution is -0.0378. The molecule has 2 aromatic rings. The minimum atomic E-state index is -0.669. The third-order valence-corrected chi connectivity index (χ3v) is 5.48. The molecular formula is C17H20FN3O2. The molecule has 5 nitrogen and oxygen atoms in total. The summed E-state index contributed by atoms with van der Waals surface area (Å²) >= 11 is 0. The van der Waals surface area contributed by atoms with E-state index in [4.69, 9.17) is 4.42 Å². The van der Waals surface area contributed by atoms with Crippen LogP contribution in [0.4, 0.5) is 4.39 Å². The molecule has 0 aromatic carbocycles. The number of hydrogen-bond donors (Lipinski definition) is 1. The van der Waals surface area contributed by atoms with Gasteiger partial charge in [0.2, 0.25) is 0 Å². The van der Waals surface area contributed by atoms with Crippen LogP contribution < -0.4 is 5.32 Å². The summed E-state index contributed by atoms with van der Waals surface area (Å²) in [6.45, 7) is 6.57. The molecule has 6 heteroatoms. The largest absolute Gasteiger partial charge is 0.429 e. The average Bonchev–Trinajstić information content (AvgIpc) is 2.90. The first kappa shape index (κ1) is 14.6. The third kappa shape index (κ3) is 2.32. The second-order valence-corrected chi connectivity index (χ2v) is 7.09. The topological polar surface area (TPSA) is 58.4 Å². The summed E-state index contributed by atoms with van der Waals surface area (Å²) in [5, 5.41) is 3.71. The summed E-state index contributed by atoms with van der Waals surface area (Å²) in [7, 11) is 0. The van der Waals surface area contributed by atoms with E-state index < -0.39 is 6.01 Å². The van der Waals surface area contributed by atoms with Gasteiger partial charge in [-0.15, -0.1) is 0 Å². The van der Waals surface area contributed by atoms with Crippen molar-refractivity contribution in [1.29, 1.82) is 0 Å². The fourth-order valence-corrected chi connectivity index (χ4v) is 4.13. The van der Waals surface area contributed by atoms with Crippen molar-refractivity contribution in [3.63, 3.8) is 0 Å². The van der Waals surface area contributed by atoms with E-state index in [9.17, 15) is 9.18 Å². The van der Waals surface area contributed by atoms with Crippen LogP contribution >= 0.6 is 0 Å². The number of carbonyl (C=O) groups excluding carboxylic acids is 1. The van der Waals surface area contributed by atoms with E-state index in [2.05, 4.69) is 29.0 Å². The fraction of sp³-hybridized carbons (Fsp3) is 0.529. The Morgan fingerprint density at radius 3 is 2.83 bits per heavy atom. The van der Waals surface area contributed by atoms with Gasteiger partial charge in [-0.05, 0) is 51.8 Å². The van der Waals surface area contributed by atoms with Crippen LogP contribution in [0.2, 0.25) is 0 Å². The highest BCUT2D eigenvalue weighted by Gasteiger charge is 2.48. The lowest BCUT2D eigenvalue weighted by Gasteiger charge is -2.56. The molecule has 2 bridgehead atoms. The van der Waals surface area contributed by atoms with E-state index in [0.717, 1.165) is 25.9 Å². The van der Waals surface area contributed by atoms with Crippen molar-refractivity contribution >= 4 is 16.9 Å². The zero-order valence-electron chi connectivity index (χ0n) is 13.3. The molecule has 5 heterocycles. The Labute approximate surface area is 133 Å². The molecule has 0 spiro atoms. The molecule has 5 rings (SSSR count). The Kier molecular flexibility index (Phi) is 3.20. The molecule has 0 aliphatic carbocycles. The van der Waals surface area contributed by atoms with Crippen molar-refractivity contribution in [3.05, 3.63) is 30.0 Å². The van der Waals surface area contributed by atoms with Gasteiger partial charge in [0.25, 0.3) is 11.9 Å². The van der Waals surface area contributed by atoms with Crippen molar-refractivity contribution < 1.29 is 13.6 Å². The predicted molar refractivity (Wildman–Crippen MR) is 83.6 cm³/mol. The van der Waals surface area contributed by atoms with Crippen LogP contribution in [0.3, 0.4) is 0 Å². The number of carbonyl (C=O) groups is 1. The number of halogens is 1. The number of rotatable bonds is 2. The van der Waals surface area contributed by atoms with Crippen molar-refractivity contribution in [2.24, 2.45) is 5.92 Å². The Balaban J connectivity index is 1.58.